The molecular formula is C12H19BrN2O3S. The number of hydrogen-bond acceptors (Lipinski definition) is 4. The fourth-order valence-electron chi connectivity index (χ4n) is 2.55. The maximum Gasteiger partial charge on any atom is 0.248 e. The summed E-state index contributed by atoms with van der Waals surface area (Å²) in [5.41, 5.74) is 0.438. The van der Waals surface area contributed by atoms with Gasteiger partial charge in [-0.15, -0.1) is 0 Å². The third-order valence-electron chi connectivity index (χ3n) is 3.71. The Kier molecular flexibility index (Phi) is 4.37. The molecule has 0 amide bonds. The predicted octanol–water partition coefficient (Wildman–Crippen LogP) is 2.48. The minimum atomic E-state index is -3.47. The number of sulfonamides is 1. The van der Waals surface area contributed by atoms with E-state index in [0.29, 0.717) is 35.3 Å². The molecule has 0 saturated carbocycles. The van der Waals surface area contributed by atoms with Gasteiger partial charge in [-0.3, -0.25) is 0 Å². The van der Waals surface area contributed by atoms with Gasteiger partial charge in [-0.2, -0.15) is 4.31 Å². The van der Waals surface area contributed by atoms with E-state index < -0.39 is 10.0 Å². The molecule has 7 heteroatoms. The van der Waals surface area contributed by atoms with Gasteiger partial charge in [-0.25, -0.2) is 8.42 Å². The van der Waals surface area contributed by atoms with Crippen molar-refractivity contribution in [2.24, 2.45) is 5.92 Å². The molecule has 0 N–H and O–H groups in total. The van der Waals surface area contributed by atoms with E-state index in [2.05, 4.69) is 28.0 Å². The van der Waals surface area contributed by atoms with Crippen molar-refractivity contribution in [3.8, 4) is 0 Å². The third kappa shape index (κ3) is 2.87. The Hall–Kier alpha value is -0.400. The summed E-state index contributed by atoms with van der Waals surface area (Å²) in [6, 6.07) is 0. The Bertz CT molecular complexity index is 526. The number of hydrogen-bond donors (Lipinski definition) is 0. The molecule has 1 fully saturated rings. The van der Waals surface area contributed by atoms with Gasteiger partial charge in [0.05, 0.1) is 0 Å². The van der Waals surface area contributed by atoms with Gasteiger partial charge in [-0.05, 0) is 32.6 Å². The summed E-state index contributed by atoms with van der Waals surface area (Å²) in [5, 5.41) is 3.73. The highest BCUT2D eigenvalue weighted by molar-refractivity contribution is 9.09. The first-order chi connectivity index (χ1) is 8.84. The smallest absolute Gasteiger partial charge is 0.248 e. The van der Waals surface area contributed by atoms with E-state index in [4.69, 9.17) is 4.52 Å². The van der Waals surface area contributed by atoms with Crippen LogP contribution < -0.4 is 0 Å². The van der Waals surface area contributed by atoms with E-state index in [9.17, 15) is 8.42 Å². The number of rotatable bonds is 3. The second-order valence-electron chi connectivity index (χ2n) is 5.07. The molecule has 1 unspecified atom stereocenters. The topological polar surface area (TPSA) is 63.4 Å². The number of piperidine rings is 1. The van der Waals surface area contributed by atoms with Gasteiger partial charge in [0.2, 0.25) is 10.0 Å². The van der Waals surface area contributed by atoms with Gasteiger partial charge in [0.15, 0.2) is 5.76 Å². The number of aryl methyl sites for hydroxylation is 2. The molecule has 0 aromatic carbocycles. The molecule has 2 heterocycles. The zero-order valence-corrected chi connectivity index (χ0v) is 13.8. The first kappa shape index (κ1) is 15.0. The lowest BCUT2D eigenvalue weighted by Gasteiger charge is -2.32. The molecule has 2 rings (SSSR count). The van der Waals surface area contributed by atoms with Crippen molar-refractivity contribution in [1.82, 2.24) is 9.46 Å². The molecule has 1 atom stereocenters. The Morgan fingerprint density at radius 1 is 1.37 bits per heavy atom. The van der Waals surface area contributed by atoms with Crippen molar-refractivity contribution in [3.05, 3.63) is 11.5 Å². The molecule has 1 aromatic heterocycles. The van der Waals surface area contributed by atoms with E-state index in [1.165, 1.54) is 0 Å². The average molecular weight is 351 g/mol. The SMILES string of the molecule is Cc1noc(C)c1S(=O)(=O)N1CCC(C(C)Br)CC1. The first-order valence-corrected chi connectivity index (χ1v) is 8.76. The summed E-state index contributed by atoms with van der Waals surface area (Å²) in [4.78, 5) is 0.661. The molecule has 0 aliphatic carbocycles. The Morgan fingerprint density at radius 2 is 1.95 bits per heavy atom. The Morgan fingerprint density at radius 3 is 2.37 bits per heavy atom. The van der Waals surface area contributed by atoms with Crippen LogP contribution in [0.1, 0.15) is 31.2 Å². The normalized spacial score (nSPS) is 20.6. The fourth-order valence-corrected chi connectivity index (χ4v) is 4.84. The zero-order chi connectivity index (χ0) is 14.2. The Balaban J connectivity index is 2.19. The summed E-state index contributed by atoms with van der Waals surface area (Å²) in [6.07, 6.45) is 1.77. The van der Waals surface area contributed by atoms with Crippen LogP contribution in [-0.2, 0) is 10.0 Å². The molecular weight excluding hydrogens is 332 g/mol. The highest BCUT2D eigenvalue weighted by atomic mass is 79.9. The Labute approximate surface area is 122 Å². The lowest BCUT2D eigenvalue weighted by atomic mass is 9.96. The van der Waals surface area contributed by atoms with E-state index in [0.717, 1.165) is 12.8 Å². The van der Waals surface area contributed by atoms with Crippen molar-refractivity contribution in [2.75, 3.05) is 13.1 Å². The van der Waals surface area contributed by atoms with Crippen LogP contribution in [-0.4, -0.2) is 35.8 Å². The van der Waals surface area contributed by atoms with Crippen molar-refractivity contribution in [3.63, 3.8) is 0 Å². The summed E-state index contributed by atoms with van der Waals surface area (Å²) < 4.78 is 31.7. The largest absolute Gasteiger partial charge is 0.360 e. The maximum absolute atomic E-state index is 12.6. The summed E-state index contributed by atoms with van der Waals surface area (Å²) >= 11 is 3.58. The lowest BCUT2D eigenvalue weighted by Crippen LogP contribution is -2.40. The molecule has 108 valence electrons. The van der Waals surface area contributed by atoms with E-state index >= 15 is 0 Å². The van der Waals surface area contributed by atoms with Gasteiger partial charge in [0.25, 0.3) is 0 Å². The summed E-state index contributed by atoms with van der Waals surface area (Å²) in [5.74, 6) is 0.907. The highest BCUT2D eigenvalue weighted by Gasteiger charge is 2.34. The maximum atomic E-state index is 12.6. The number of alkyl halides is 1. The molecule has 0 radical (unpaired) electrons. The van der Waals surface area contributed by atoms with Crippen LogP contribution in [0.4, 0.5) is 0 Å². The van der Waals surface area contributed by atoms with Crippen molar-refractivity contribution in [1.29, 1.82) is 0 Å². The van der Waals surface area contributed by atoms with E-state index in [1.54, 1.807) is 18.2 Å². The second kappa shape index (κ2) is 5.54. The van der Waals surface area contributed by atoms with Crippen LogP contribution in [0.2, 0.25) is 0 Å². The van der Waals surface area contributed by atoms with Crippen LogP contribution in [0.3, 0.4) is 0 Å². The van der Waals surface area contributed by atoms with Crippen LogP contribution in [0.5, 0.6) is 0 Å². The highest BCUT2D eigenvalue weighted by Crippen LogP contribution is 2.30. The van der Waals surface area contributed by atoms with Gasteiger partial charge in [0, 0.05) is 17.9 Å². The number of nitrogens with zero attached hydrogens (tertiary/aromatic N) is 2. The number of aromatic nitrogens is 1. The minimum absolute atomic E-state index is 0.234. The monoisotopic (exact) mass is 350 g/mol. The average Bonchev–Trinajstić information content (AvgIpc) is 2.69. The van der Waals surface area contributed by atoms with Gasteiger partial charge in [0.1, 0.15) is 10.6 Å². The van der Waals surface area contributed by atoms with Crippen molar-refractivity contribution in [2.45, 2.75) is 43.3 Å². The summed E-state index contributed by atoms with van der Waals surface area (Å²) in [7, 11) is -3.47. The lowest BCUT2D eigenvalue weighted by molar-refractivity contribution is 0.274. The van der Waals surface area contributed by atoms with Crippen LogP contribution in [0.15, 0.2) is 9.42 Å². The molecule has 1 aliphatic rings. The van der Waals surface area contributed by atoms with Gasteiger partial charge >= 0.3 is 0 Å². The van der Waals surface area contributed by atoms with Crippen LogP contribution >= 0.6 is 15.9 Å². The van der Waals surface area contributed by atoms with Gasteiger partial charge < -0.3 is 4.52 Å². The van der Waals surface area contributed by atoms with Gasteiger partial charge in [-0.1, -0.05) is 28.0 Å². The van der Waals surface area contributed by atoms with Crippen molar-refractivity contribution < 1.29 is 12.9 Å². The molecule has 0 bridgehead atoms. The summed E-state index contributed by atoms with van der Waals surface area (Å²) in [6.45, 7) is 6.54. The third-order valence-corrected chi connectivity index (χ3v) is 6.61. The standard InChI is InChI=1S/C12H19BrN2O3S/c1-8(13)11-4-6-15(7-5-11)19(16,17)12-9(2)14-18-10(12)3/h8,11H,4-7H2,1-3H3. The molecule has 1 saturated heterocycles. The molecule has 19 heavy (non-hydrogen) atoms. The first-order valence-electron chi connectivity index (χ1n) is 6.41. The second-order valence-corrected chi connectivity index (χ2v) is 8.39. The predicted molar refractivity (Wildman–Crippen MR) is 75.8 cm³/mol. The van der Waals surface area contributed by atoms with Crippen LogP contribution in [0, 0.1) is 19.8 Å². The van der Waals surface area contributed by atoms with Crippen molar-refractivity contribution >= 4 is 26.0 Å². The molecule has 1 aliphatic heterocycles. The van der Waals surface area contributed by atoms with E-state index in [-0.39, 0.29) is 4.90 Å². The van der Waals surface area contributed by atoms with E-state index in [1.807, 2.05) is 0 Å². The number of halogens is 1. The zero-order valence-electron chi connectivity index (χ0n) is 11.4. The fraction of sp³-hybridized carbons (Fsp3) is 0.750. The molecule has 0 spiro atoms. The molecule has 1 aromatic rings. The quantitative estimate of drug-likeness (QED) is 0.785. The minimum Gasteiger partial charge on any atom is -0.360 e. The van der Waals surface area contributed by atoms with Crippen LogP contribution in [0.25, 0.3) is 0 Å². The molecule has 5 nitrogen and oxygen atoms in total.